The first-order chi connectivity index (χ1) is 14.7. The molecule has 0 bridgehead atoms. The van der Waals surface area contributed by atoms with E-state index < -0.39 is 0 Å². The van der Waals surface area contributed by atoms with Gasteiger partial charge in [-0.15, -0.1) is 22.7 Å². The van der Waals surface area contributed by atoms with Crippen LogP contribution in [-0.2, 0) is 0 Å². The van der Waals surface area contributed by atoms with E-state index >= 15 is 0 Å². The topological polar surface area (TPSA) is 3.24 Å². The van der Waals surface area contributed by atoms with Crippen molar-refractivity contribution < 1.29 is 0 Å². The summed E-state index contributed by atoms with van der Waals surface area (Å²) in [4.78, 5) is 2.41. The fourth-order valence-electron chi connectivity index (χ4n) is 4.65. The van der Waals surface area contributed by atoms with Gasteiger partial charge in [0.1, 0.15) is 10.0 Å². The molecule has 0 amide bonds. The molecule has 1 nitrogen and oxygen atoms in total. The Morgan fingerprint density at radius 1 is 0.633 bits per heavy atom. The van der Waals surface area contributed by atoms with Gasteiger partial charge in [-0.25, -0.2) is 0 Å². The number of hydrogen-bond acceptors (Lipinski definition) is 3. The molecule has 0 unspecified atom stereocenters. The zero-order valence-electron chi connectivity index (χ0n) is 16.9. The first-order valence-electron chi connectivity index (χ1n) is 10.3. The van der Waals surface area contributed by atoms with Crippen LogP contribution < -0.4 is 4.90 Å². The van der Waals surface area contributed by atoms with Crippen LogP contribution in [0.5, 0.6) is 0 Å². The summed E-state index contributed by atoms with van der Waals surface area (Å²) in [7, 11) is 0. The Morgan fingerprint density at radius 3 is 1.80 bits per heavy atom. The normalized spacial score (nSPS) is 12.0. The van der Waals surface area contributed by atoms with E-state index in [1.165, 1.54) is 53.6 Å². The van der Waals surface area contributed by atoms with Crippen molar-refractivity contribution in [3.63, 3.8) is 0 Å². The molecular weight excluding hydrogens is 402 g/mol. The minimum Gasteiger partial charge on any atom is -0.292 e. The van der Waals surface area contributed by atoms with E-state index in [0.29, 0.717) is 5.92 Å². The molecule has 6 aromatic rings. The quantitative estimate of drug-likeness (QED) is 0.255. The highest BCUT2D eigenvalue weighted by Gasteiger charge is 2.20. The average molecular weight is 424 g/mol. The maximum atomic E-state index is 2.41. The second-order valence-electron chi connectivity index (χ2n) is 8.05. The van der Waals surface area contributed by atoms with Crippen molar-refractivity contribution in [2.45, 2.75) is 19.8 Å². The van der Waals surface area contributed by atoms with Gasteiger partial charge in [0.15, 0.2) is 0 Å². The van der Waals surface area contributed by atoms with Gasteiger partial charge in [0.25, 0.3) is 0 Å². The van der Waals surface area contributed by atoms with Gasteiger partial charge in [-0.1, -0.05) is 56.3 Å². The third-order valence-electron chi connectivity index (χ3n) is 5.99. The Morgan fingerprint density at radius 2 is 1.20 bits per heavy atom. The predicted octanol–water partition coefficient (Wildman–Crippen LogP) is 9.30. The minimum absolute atomic E-state index is 0.503. The lowest BCUT2D eigenvalue weighted by molar-refractivity contribution is 0.877. The van der Waals surface area contributed by atoms with Crippen molar-refractivity contribution in [3.05, 3.63) is 89.1 Å². The summed E-state index contributed by atoms with van der Waals surface area (Å²) >= 11 is 3.57. The summed E-state index contributed by atoms with van der Waals surface area (Å²) in [5, 5.41) is 14.9. The van der Waals surface area contributed by atoms with E-state index in [-0.39, 0.29) is 0 Å². The van der Waals surface area contributed by atoms with Crippen LogP contribution >= 0.6 is 22.7 Å². The lowest BCUT2D eigenvalue weighted by atomic mass is 9.88. The molecule has 0 saturated carbocycles. The zero-order chi connectivity index (χ0) is 20.2. The molecule has 30 heavy (non-hydrogen) atoms. The molecule has 0 atom stereocenters. The van der Waals surface area contributed by atoms with Gasteiger partial charge in [0, 0.05) is 5.39 Å². The van der Waals surface area contributed by atoms with Gasteiger partial charge in [-0.2, -0.15) is 0 Å². The van der Waals surface area contributed by atoms with E-state index in [1.807, 2.05) is 0 Å². The third-order valence-corrected chi connectivity index (χ3v) is 7.70. The molecule has 3 heteroatoms. The Kier molecular flexibility index (Phi) is 4.08. The molecule has 0 aliphatic carbocycles. The van der Waals surface area contributed by atoms with Crippen molar-refractivity contribution in [1.29, 1.82) is 0 Å². The van der Waals surface area contributed by atoms with Crippen LogP contribution in [0.25, 0.3) is 32.3 Å². The zero-order valence-corrected chi connectivity index (χ0v) is 18.6. The van der Waals surface area contributed by atoms with Crippen molar-refractivity contribution >= 4 is 70.7 Å². The van der Waals surface area contributed by atoms with Gasteiger partial charge < -0.3 is 0 Å². The van der Waals surface area contributed by atoms with E-state index in [0.717, 1.165) is 0 Å². The second kappa shape index (κ2) is 6.83. The molecule has 4 aromatic carbocycles. The number of anilines is 3. The maximum Gasteiger partial charge on any atom is 0.101 e. The van der Waals surface area contributed by atoms with Gasteiger partial charge in [0.05, 0.1) is 5.69 Å². The smallest absolute Gasteiger partial charge is 0.101 e. The van der Waals surface area contributed by atoms with E-state index in [2.05, 4.69) is 102 Å². The number of nitrogens with zero attached hydrogens (tertiary/aromatic N) is 1. The number of benzene rings is 4. The first-order valence-corrected chi connectivity index (χ1v) is 12.1. The first kappa shape index (κ1) is 17.9. The molecule has 0 aliphatic heterocycles. The number of thiophene rings is 2. The van der Waals surface area contributed by atoms with Crippen LogP contribution in [0.3, 0.4) is 0 Å². The highest BCUT2D eigenvalue weighted by molar-refractivity contribution is 7.16. The molecule has 146 valence electrons. The molecule has 0 spiro atoms. The van der Waals surface area contributed by atoms with E-state index in [1.54, 1.807) is 22.7 Å². The summed E-state index contributed by atoms with van der Waals surface area (Å²) < 4.78 is 0. The molecule has 6 rings (SSSR count). The van der Waals surface area contributed by atoms with Crippen molar-refractivity contribution in [1.82, 2.24) is 0 Å². The maximum absolute atomic E-state index is 2.41. The largest absolute Gasteiger partial charge is 0.292 e. The van der Waals surface area contributed by atoms with Gasteiger partial charge in [-0.05, 0) is 79.5 Å². The summed E-state index contributed by atoms with van der Waals surface area (Å²) in [5.74, 6) is 0.503. The average Bonchev–Trinajstić information content (AvgIpc) is 3.48. The highest BCUT2D eigenvalue weighted by Crippen LogP contribution is 2.46. The molecule has 0 fully saturated rings. The van der Waals surface area contributed by atoms with E-state index in [9.17, 15) is 0 Å². The Balaban J connectivity index is 1.73. The van der Waals surface area contributed by atoms with Gasteiger partial charge in [0.2, 0.25) is 0 Å². The SMILES string of the molecule is CC(C)c1ccc2ccc3c(N(c4cccs4)c4cccs4)ccc4ccc1c2c43. The predicted molar refractivity (Wildman–Crippen MR) is 135 cm³/mol. The van der Waals surface area contributed by atoms with Crippen LogP contribution in [0.1, 0.15) is 25.3 Å². The van der Waals surface area contributed by atoms with E-state index in [4.69, 9.17) is 0 Å². The fraction of sp³-hybridized carbons (Fsp3) is 0.111. The molecule has 0 saturated heterocycles. The lowest BCUT2D eigenvalue weighted by Gasteiger charge is -2.25. The summed E-state index contributed by atoms with van der Waals surface area (Å²) in [5.41, 5.74) is 2.67. The van der Waals surface area contributed by atoms with Crippen LogP contribution in [-0.4, -0.2) is 0 Å². The van der Waals surface area contributed by atoms with Crippen molar-refractivity contribution in [2.24, 2.45) is 0 Å². The highest BCUT2D eigenvalue weighted by atomic mass is 32.1. The van der Waals surface area contributed by atoms with Crippen LogP contribution in [0.2, 0.25) is 0 Å². The Bertz CT molecular complexity index is 1430. The second-order valence-corrected chi connectivity index (χ2v) is 9.91. The molecular formula is C27H21NS2. The van der Waals surface area contributed by atoms with Crippen molar-refractivity contribution in [2.75, 3.05) is 4.90 Å². The monoisotopic (exact) mass is 423 g/mol. The fourth-order valence-corrected chi connectivity index (χ4v) is 6.22. The van der Waals surface area contributed by atoms with Crippen LogP contribution in [0.4, 0.5) is 15.7 Å². The Hall–Kier alpha value is -2.88. The lowest BCUT2D eigenvalue weighted by Crippen LogP contribution is -2.07. The standard InChI is InChI=1S/C27H21NS2/c1-17(2)20-11-7-18-9-13-22-23(14-10-19-8-12-21(20)26(18)27(19)22)28(24-5-3-15-29-24)25-6-4-16-30-25/h3-17H,1-2H3. The molecule has 0 radical (unpaired) electrons. The van der Waals surface area contributed by atoms with Crippen LogP contribution in [0, 0.1) is 0 Å². The molecule has 0 aliphatic rings. The van der Waals surface area contributed by atoms with Gasteiger partial charge >= 0.3 is 0 Å². The van der Waals surface area contributed by atoms with Gasteiger partial charge in [-0.3, -0.25) is 4.90 Å². The summed E-state index contributed by atoms with van der Waals surface area (Å²) in [6.45, 7) is 4.57. The molecule has 2 aromatic heterocycles. The third kappa shape index (κ3) is 2.59. The van der Waals surface area contributed by atoms with Crippen molar-refractivity contribution in [3.8, 4) is 0 Å². The summed E-state index contributed by atoms with van der Waals surface area (Å²) in [6.07, 6.45) is 0. The molecule has 0 N–H and O–H groups in total. The number of hydrogen-bond donors (Lipinski definition) is 0. The van der Waals surface area contributed by atoms with Crippen LogP contribution in [0.15, 0.2) is 83.6 Å². The summed E-state index contributed by atoms with van der Waals surface area (Å²) in [6, 6.07) is 27.0. The molecule has 2 heterocycles. The Labute approximate surface area is 184 Å². The number of rotatable bonds is 4. The minimum atomic E-state index is 0.503.